The second kappa shape index (κ2) is 4.33. The summed E-state index contributed by atoms with van der Waals surface area (Å²) >= 11 is 2.26. The van der Waals surface area contributed by atoms with Crippen molar-refractivity contribution in [3.05, 3.63) is 41.3 Å². The monoisotopic (exact) mass is 341 g/mol. The van der Waals surface area contributed by atoms with E-state index in [1.165, 1.54) is 0 Å². The predicted molar refractivity (Wildman–Crippen MR) is 73.9 cm³/mol. The van der Waals surface area contributed by atoms with Gasteiger partial charge in [0.2, 0.25) is 0 Å². The first-order valence-corrected chi connectivity index (χ1v) is 6.73. The fourth-order valence-corrected chi connectivity index (χ4v) is 3.24. The third-order valence-corrected chi connectivity index (χ3v) is 4.28. The second-order valence-electron chi connectivity index (χ2n) is 4.26. The minimum absolute atomic E-state index is 0.228. The number of hydrogen-bond donors (Lipinski definition) is 0. The molecule has 0 amide bonds. The molecule has 0 unspecified atom stereocenters. The number of rotatable bonds is 0. The Bertz CT molecular complexity index is 510. The molecule has 0 aromatic heterocycles. The van der Waals surface area contributed by atoms with E-state index in [0.717, 1.165) is 42.8 Å². The molecule has 2 aliphatic rings. The molecule has 3 nitrogen and oxygen atoms in total. The molecule has 0 bridgehead atoms. The number of fused-ring (bicyclic) bond motifs is 1. The molecule has 1 heterocycles. The Balaban J connectivity index is 2.14. The molecule has 1 aromatic rings. The number of allylic oxidation sites excluding steroid dienone is 2. The van der Waals surface area contributed by atoms with E-state index in [-0.39, 0.29) is 5.97 Å². The highest BCUT2D eigenvalue weighted by molar-refractivity contribution is 14.1. The Kier molecular flexibility index (Phi) is 2.82. The van der Waals surface area contributed by atoms with Crippen molar-refractivity contribution in [3.8, 4) is 0 Å². The van der Waals surface area contributed by atoms with E-state index in [0.29, 0.717) is 5.56 Å². The topological polar surface area (TPSA) is 29.5 Å². The minimum Gasteiger partial charge on any atom is -0.426 e. The normalized spacial score (nSPS) is 19.4. The Morgan fingerprint density at radius 2 is 1.94 bits per heavy atom. The van der Waals surface area contributed by atoms with Crippen LogP contribution in [0.25, 0.3) is 0 Å². The average Bonchev–Trinajstić information content (AvgIpc) is 2.48. The largest absolute Gasteiger partial charge is 0.426 e. The number of esters is 1. The molecule has 1 aliphatic heterocycles. The summed E-state index contributed by atoms with van der Waals surface area (Å²) in [5.74, 6) is 0.626. The zero-order chi connectivity index (χ0) is 11.8. The van der Waals surface area contributed by atoms with Crippen LogP contribution in [0.15, 0.2) is 35.7 Å². The molecular weight excluding hydrogens is 329 g/mol. The molecule has 0 atom stereocenters. The summed E-state index contributed by atoms with van der Waals surface area (Å²) in [7, 11) is 0. The smallest absolute Gasteiger partial charge is 0.345 e. The number of para-hydroxylation sites is 1. The molecular formula is C13H12INO2. The fourth-order valence-electron chi connectivity index (χ4n) is 2.31. The van der Waals surface area contributed by atoms with Gasteiger partial charge in [-0.05, 0) is 31.4 Å². The third-order valence-electron chi connectivity index (χ3n) is 3.18. The van der Waals surface area contributed by atoms with Gasteiger partial charge in [0.15, 0.2) is 0 Å². The van der Waals surface area contributed by atoms with Crippen LogP contribution in [0.2, 0.25) is 0 Å². The molecule has 1 aromatic carbocycles. The van der Waals surface area contributed by atoms with Crippen LogP contribution in [0.3, 0.4) is 0 Å². The number of carbonyl (C=O) groups excluding carboxylic acids is 1. The molecule has 0 N–H and O–H groups in total. The molecule has 0 fully saturated rings. The average molecular weight is 341 g/mol. The van der Waals surface area contributed by atoms with Crippen LogP contribution in [0.5, 0.6) is 0 Å². The van der Waals surface area contributed by atoms with Crippen LogP contribution in [0, 0.1) is 0 Å². The van der Waals surface area contributed by atoms with Crippen LogP contribution in [0.4, 0.5) is 5.69 Å². The quantitative estimate of drug-likeness (QED) is 0.408. The third kappa shape index (κ3) is 1.84. The highest BCUT2D eigenvalue weighted by Gasteiger charge is 2.28. The van der Waals surface area contributed by atoms with Gasteiger partial charge in [-0.25, -0.2) is 4.79 Å². The van der Waals surface area contributed by atoms with E-state index in [1.807, 2.05) is 24.3 Å². The maximum atomic E-state index is 12.0. The molecule has 3 rings (SSSR count). The first-order chi connectivity index (χ1) is 8.27. The Hall–Kier alpha value is -1.04. The zero-order valence-electron chi connectivity index (χ0n) is 9.28. The van der Waals surface area contributed by atoms with Gasteiger partial charge in [0.05, 0.1) is 39.8 Å². The van der Waals surface area contributed by atoms with Crippen LogP contribution in [-0.2, 0) is 4.74 Å². The highest BCUT2D eigenvalue weighted by Crippen LogP contribution is 2.39. The van der Waals surface area contributed by atoms with E-state index >= 15 is 0 Å². The van der Waals surface area contributed by atoms with Crippen molar-refractivity contribution in [1.29, 1.82) is 0 Å². The minimum atomic E-state index is -0.228. The van der Waals surface area contributed by atoms with Gasteiger partial charge in [0, 0.05) is 6.42 Å². The van der Waals surface area contributed by atoms with Gasteiger partial charge >= 0.3 is 5.97 Å². The van der Waals surface area contributed by atoms with Gasteiger partial charge in [-0.1, -0.05) is 12.1 Å². The summed E-state index contributed by atoms with van der Waals surface area (Å²) in [6.45, 7) is 0. The predicted octanol–water partition coefficient (Wildman–Crippen LogP) is 3.80. The van der Waals surface area contributed by atoms with Crippen molar-refractivity contribution in [2.45, 2.75) is 25.7 Å². The number of hydrogen-bond acceptors (Lipinski definition) is 3. The van der Waals surface area contributed by atoms with Crippen LogP contribution >= 0.6 is 22.9 Å². The Morgan fingerprint density at radius 3 is 2.82 bits per heavy atom. The number of benzene rings is 1. The lowest BCUT2D eigenvalue weighted by Crippen LogP contribution is -2.14. The van der Waals surface area contributed by atoms with Crippen LogP contribution in [0.1, 0.15) is 36.0 Å². The molecule has 1 aliphatic carbocycles. The van der Waals surface area contributed by atoms with E-state index < -0.39 is 0 Å². The number of anilines is 1. The van der Waals surface area contributed by atoms with Crippen molar-refractivity contribution < 1.29 is 9.53 Å². The lowest BCUT2D eigenvalue weighted by Gasteiger charge is -2.23. The Morgan fingerprint density at radius 1 is 1.18 bits per heavy atom. The van der Waals surface area contributed by atoms with Crippen molar-refractivity contribution in [3.63, 3.8) is 0 Å². The SMILES string of the molecule is O=C1OC2=C(CCCC2)N(I)c2ccccc21. The summed E-state index contributed by atoms with van der Waals surface area (Å²) < 4.78 is 7.58. The lowest BCUT2D eigenvalue weighted by molar-refractivity contribution is 0.0609. The number of carbonyl (C=O) groups is 1. The van der Waals surface area contributed by atoms with Gasteiger partial charge in [-0.15, -0.1) is 0 Å². The first-order valence-electron chi connectivity index (χ1n) is 5.76. The van der Waals surface area contributed by atoms with Gasteiger partial charge in [-0.2, -0.15) is 0 Å². The zero-order valence-corrected chi connectivity index (χ0v) is 11.4. The maximum Gasteiger partial charge on any atom is 0.345 e. The molecule has 4 heteroatoms. The van der Waals surface area contributed by atoms with Gasteiger partial charge in [-0.3, -0.25) is 3.11 Å². The molecule has 0 saturated carbocycles. The lowest BCUT2D eigenvalue weighted by atomic mass is 10.0. The molecule has 17 heavy (non-hydrogen) atoms. The Labute approximate surface area is 114 Å². The summed E-state index contributed by atoms with van der Waals surface area (Å²) in [6.07, 6.45) is 4.12. The number of halogens is 1. The van der Waals surface area contributed by atoms with Crippen LogP contribution < -0.4 is 3.11 Å². The molecule has 0 radical (unpaired) electrons. The first kappa shape index (κ1) is 11.1. The summed E-state index contributed by atoms with van der Waals surface area (Å²) in [4.78, 5) is 12.0. The van der Waals surface area contributed by atoms with Crippen molar-refractivity contribution in [2.75, 3.05) is 3.11 Å². The standard InChI is InChI=1S/C13H12INO2/c14-15-10-6-2-1-5-9(10)13(16)17-12-8-4-3-7-11(12)15/h1-2,5-6H,3-4,7-8H2. The fraction of sp³-hybridized carbons (Fsp3) is 0.308. The van der Waals surface area contributed by atoms with Gasteiger partial charge < -0.3 is 4.74 Å². The van der Waals surface area contributed by atoms with E-state index in [9.17, 15) is 4.79 Å². The molecule has 88 valence electrons. The highest BCUT2D eigenvalue weighted by atomic mass is 127. The van der Waals surface area contributed by atoms with Crippen LogP contribution in [-0.4, -0.2) is 5.97 Å². The molecule has 0 spiro atoms. The van der Waals surface area contributed by atoms with E-state index in [2.05, 4.69) is 26.0 Å². The number of nitrogens with zero attached hydrogens (tertiary/aromatic N) is 1. The summed E-state index contributed by atoms with van der Waals surface area (Å²) in [5.41, 5.74) is 2.73. The van der Waals surface area contributed by atoms with E-state index in [4.69, 9.17) is 4.74 Å². The second-order valence-corrected chi connectivity index (χ2v) is 5.23. The van der Waals surface area contributed by atoms with Crippen molar-refractivity contribution in [1.82, 2.24) is 0 Å². The summed E-state index contributed by atoms with van der Waals surface area (Å²) in [6, 6.07) is 7.61. The van der Waals surface area contributed by atoms with Crippen molar-refractivity contribution in [2.24, 2.45) is 0 Å². The van der Waals surface area contributed by atoms with Gasteiger partial charge in [0.1, 0.15) is 5.76 Å². The maximum absolute atomic E-state index is 12.0. The van der Waals surface area contributed by atoms with Gasteiger partial charge in [0.25, 0.3) is 0 Å². The molecule has 0 saturated heterocycles. The summed E-state index contributed by atoms with van der Waals surface area (Å²) in [5, 5.41) is 0. The van der Waals surface area contributed by atoms with Crippen molar-refractivity contribution >= 4 is 34.5 Å². The van der Waals surface area contributed by atoms with E-state index in [1.54, 1.807) is 0 Å². The number of ether oxygens (including phenoxy) is 1.